The van der Waals surface area contributed by atoms with Gasteiger partial charge in [-0.2, -0.15) is 0 Å². The Hall–Kier alpha value is -3.45. The van der Waals surface area contributed by atoms with Crippen LogP contribution in [-0.2, 0) is 16.1 Å². The van der Waals surface area contributed by atoms with Crippen molar-refractivity contribution in [2.45, 2.75) is 12.6 Å². The lowest BCUT2D eigenvalue weighted by Crippen LogP contribution is -2.29. The normalized spacial score (nSPS) is 17.7. The standard InChI is InChI=1S/C24H19BrN2O4/c1-31-19-4-2-3-17(13-19)21-20(22(28)16-5-7-18(25)8-6-16)23(29)24(30)27(21)14-15-9-11-26-12-10-15/h2-13,21,28H,14H2,1H3/b22-20-. The summed E-state index contributed by atoms with van der Waals surface area (Å²) < 4.78 is 6.17. The maximum absolute atomic E-state index is 13.1. The number of halogens is 1. The van der Waals surface area contributed by atoms with Crippen molar-refractivity contribution in [1.82, 2.24) is 9.88 Å². The van der Waals surface area contributed by atoms with E-state index < -0.39 is 17.7 Å². The molecule has 1 aliphatic heterocycles. The summed E-state index contributed by atoms with van der Waals surface area (Å²) in [6.07, 6.45) is 3.27. The van der Waals surface area contributed by atoms with Gasteiger partial charge in [0, 0.05) is 29.0 Å². The minimum atomic E-state index is -0.757. The van der Waals surface area contributed by atoms with E-state index in [1.54, 1.807) is 74.1 Å². The molecule has 7 heteroatoms. The molecule has 1 aliphatic rings. The van der Waals surface area contributed by atoms with Crippen LogP contribution in [0.2, 0.25) is 0 Å². The number of hydrogen-bond donors (Lipinski definition) is 1. The zero-order valence-electron chi connectivity index (χ0n) is 16.7. The van der Waals surface area contributed by atoms with Gasteiger partial charge in [-0.15, -0.1) is 0 Å². The molecule has 1 N–H and O–H groups in total. The zero-order chi connectivity index (χ0) is 22.0. The smallest absolute Gasteiger partial charge is 0.295 e. The zero-order valence-corrected chi connectivity index (χ0v) is 18.2. The highest BCUT2D eigenvalue weighted by Crippen LogP contribution is 2.41. The third kappa shape index (κ3) is 4.09. The Bertz CT molecular complexity index is 1160. The maximum Gasteiger partial charge on any atom is 0.295 e. The van der Waals surface area contributed by atoms with Crippen LogP contribution in [0.3, 0.4) is 0 Å². The number of rotatable bonds is 5. The summed E-state index contributed by atoms with van der Waals surface area (Å²) in [4.78, 5) is 31.6. The summed E-state index contributed by atoms with van der Waals surface area (Å²) >= 11 is 3.36. The van der Waals surface area contributed by atoms with Crippen LogP contribution in [0, 0.1) is 0 Å². The highest BCUT2D eigenvalue weighted by atomic mass is 79.9. The Kier molecular flexibility index (Phi) is 5.86. The van der Waals surface area contributed by atoms with Gasteiger partial charge in [0.1, 0.15) is 11.5 Å². The third-order valence-corrected chi connectivity index (χ3v) is 5.70. The molecule has 1 amide bonds. The van der Waals surface area contributed by atoms with E-state index in [9.17, 15) is 14.7 Å². The van der Waals surface area contributed by atoms with Crippen molar-refractivity contribution in [3.8, 4) is 5.75 Å². The molecule has 0 aliphatic carbocycles. The highest BCUT2D eigenvalue weighted by molar-refractivity contribution is 9.10. The number of amides is 1. The van der Waals surface area contributed by atoms with Gasteiger partial charge >= 0.3 is 0 Å². The van der Waals surface area contributed by atoms with Crippen molar-refractivity contribution in [2.75, 3.05) is 7.11 Å². The molecule has 0 saturated carbocycles. The van der Waals surface area contributed by atoms with Gasteiger partial charge in [-0.3, -0.25) is 14.6 Å². The number of carbonyl (C=O) groups is 2. The number of aromatic nitrogens is 1. The maximum atomic E-state index is 13.1. The molecular formula is C24H19BrN2O4. The Balaban J connectivity index is 1.87. The summed E-state index contributed by atoms with van der Waals surface area (Å²) in [7, 11) is 1.55. The number of Topliss-reactive ketones (excluding diaryl/α,β-unsaturated/α-hetero) is 1. The number of aliphatic hydroxyl groups excluding tert-OH is 1. The first-order valence-corrected chi connectivity index (χ1v) is 10.4. The lowest BCUT2D eigenvalue weighted by molar-refractivity contribution is -0.140. The summed E-state index contributed by atoms with van der Waals surface area (Å²) in [5.41, 5.74) is 2.01. The van der Waals surface area contributed by atoms with E-state index in [0.717, 1.165) is 10.0 Å². The first kappa shape index (κ1) is 20.8. The summed E-state index contributed by atoms with van der Waals surface area (Å²) in [6, 6.07) is 16.9. The van der Waals surface area contributed by atoms with E-state index in [1.165, 1.54) is 4.90 Å². The average molecular weight is 479 g/mol. The fourth-order valence-corrected chi connectivity index (χ4v) is 3.91. The number of methoxy groups -OCH3 is 1. The molecule has 6 nitrogen and oxygen atoms in total. The number of pyridine rings is 1. The number of carbonyl (C=O) groups excluding carboxylic acids is 2. The first-order valence-electron chi connectivity index (χ1n) is 9.57. The number of nitrogens with zero attached hydrogens (tertiary/aromatic N) is 2. The quantitative estimate of drug-likeness (QED) is 0.332. The monoisotopic (exact) mass is 478 g/mol. The van der Waals surface area contributed by atoms with Gasteiger partial charge in [0.25, 0.3) is 11.7 Å². The van der Waals surface area contributed by atoms with Crippen molar-refractivity contribution in [1.29, 1.82) is 0 Å². The van der Waals surface area contributed by atoms with E-state index >= 15 is 0 Å². The molecule has 2 aromatic carbocycles. The average Bonchev–Trinajstić information content (AvgIpc) is 3.05. The largest absolute Gasteiger partial charge is 0.507 e. The fourth-order valence-electron chi connectivity index (χ4n) is 3.65. The molecule has 156 valence electrons. The Morgan fingerprint density at radius 1 is 1.10 bits per heavy atom. The van der Waals surface area contributed by atoms with E-state index in [1.807, 2.05) is 6.07 Å². The SMILES string of the molecule is COc1cccc(C2/C(=C(/O)c3ccc(Br)cc3)C(=O)C(=O)N2Cc2ccncc2)c1. The second-order valence-electron chi connectivity index (χ2n) is 7.07. The van der Waals surface area contributed by atoms with Crippen molar-refractivity contribution in [3.63, 3.8) is 0 Å². The molecule has 1 atom stereocenters. The molecule has 0 spiro atoms. The first-order chi connectivity index (χ1) is 15.0. The van der Waals surface area contributed by atoms with Crippen LogP contribution in [0.25, 0.3) is 5.76 Å². The lowest BCUT2D eigenvalue weighted by atomic mass is 9.95. The van der Waals surface area contributed by atoms with Gasteiger partial charge in [-0.05, 0) is 47.5 Å². The van der Waals surface area contributed by atoms with E-state index in [-0.39, 0.29) is 17.9 Å². The van der Waals surface area contributed by atoms with Gasteiger partial charge in [0.05, 0.1) is 18.7 Å². The Morgan fingerprint density at radius 2 is 1.81 bits per heavy atom. The molecular weight excluding hydrogens is 460 g/mol. The van der Waals surface area contributed by atoms with Gasteiger partial charge in [0.2, 0.25) is 0 Å². The van der Waals surface area contributed by atoms with E-state index in [4.69, 9.17) is 4.74 Å². The second-order valence-corrected chi connectivity index (χ2v) is 7.98. The topological polar surface area (TPSA) is 79.7 Å². The highest BCUT2D eigenvalue weighted by Gasteiger charge is 2.46. The fraction of sp³-hybridized carbons (Fsp3) is 0.125. The van der Waals surface area contributed by atoms with Crippen LogP contribution in [0.4, 0.5) is 0 Å². The molecule has 4 rings (SSSR count). The predicted molar refractivity (Wildman–Crippen MR) is 119 cm³/mol. The van der Waals surface area contributed by atoms with Crippen molar-refractivity contribution >= 4 is 33.4 Å². The molecule has 1 fully saturated rings. The molecule has 0 radical (unpaired) electrons. The number of aliphatic hydroxyl groups is 1. The van der Waals surface area contributed by atoms with Crippen LogP contribution in [0.5, 0.6) is 5.75 Å². The van der Waals surface area contributed by atoms with Gasteiger partial charge in [-0.1, -0.05) is 40.2 Å². The molecule has 1 aromatic heterocycles. The van der Waals surface area contributed by atoms with Crippen LogP contribution in [0.15, 0.2) is 83.1 Å². The van der Waals surface area contributed by atoms with Crippen molar-refractivity contribution < 1.29 is 19.4 Å². The number of ketones is 1. The second kappa shape index (κ2) is 8.73. The van der Waals surface area contributed by atoms with E-state index in [2.05, 4.69) is 20.9 Å². The minimum Gasteiger partial charge on any atom is -0.507 e. The molecule has 31 heavy (non-hydrogen) atoms. The molecule has 1 saturated heterocycles. The van der Waals surface area contributed by atoms with Crippen molar-refractivity contribution in [3.05, 3.63) is 99.8 Å². The number of hydrogen-bond acceptors (Lipinski definition) is 5. The molecule has 3 aromatic rings. The van der Waals surface area contributed by atoms with Gasteiger partial charge < -0.3 is 14.7 Å². The van der Waals surface area contributed by atoms with Crippen molar-refractivity contribution in [2.24, 2.45) is 0 Å². The van der Waals surface area contributed by atoms with Crippen LogP contribution >= 0.6 is 15.9 Å². The minimum absolute atomic E-state index is 0.0506. The van der Waals surface area contributed by atoms with Gasteiger partial charge in [0.15, 0.2) is 0 Å². The van der Waals surface area contributed by atoms with E-state index in [0.29, 0.717) is 16.9 Å². The molecule has 0 bridgehead atoms. The molecule has 2 heterocycles. The number of likely N-dealkylation sites (tertiary alicyclic amines) is 1. The predicted octanol–water partition coefficient (Wildman–Crippen LogP) is 4.47. The van der Waals surface area contributed by atoms with Crippen LogP contribution in [-0.4, -0.2) is 33.8 Å². The van der Waals surface area contributed by atoms with Gasteiger partial charge in [-0.25, -0.2) is 0 Å². The van der Waals surface area contributed by atoms with Crippen LogP contribution < -0.4 is 4.74 Å². The third-order valence-electron chi connectivity index (χ3n) is 5.17. The Morgan fingerprint density at radius 3 is 2.48 bits per heavy atom. The summed E-state index contributed by atoms with van der Waals surface area (Å²) in [5.74, 6) is -1.00. The number of benzene rings is 2. The van der Waals surface area contributed by atoms with Crippen LogP contribution in [0.1, 0.15) is 22.7 Å². The lowest BCUT2D eigenvalue weighted by Gasteiger charge is -2.25. The summed E-state index contributed by atoms with van der Waals surface area (Å²) in [6.45, 7) is 0.200. The summed E-state index contributed by atoms with van der Waals surface area (Å²) in [5, 5.41) is 11.1. The number of ether oxygens (including phenoxy) is 1. The Labute approximate surface area is 187 Å². The molecule has 1 unspecified atom stereocenters.